The summed E-state index contributed by atoms with van der Waals surface area (Å²) in [4.78, 5) is 0. The molecule has 15 heavy (non-hydrogen) atoms. The number of hydrogen-bond donors (Lipinski definition) is 3. The van der Waals surface area contributed by atoms with Gasteiger partial charge in [-0.25, -0.2) is 0 Å². The Morgan fingerprint density at radius 2 is 2.20 bits per heavy atom. The van der Waals surface area contributed by atoms with E-state index in [4.69, 9.17) is 9.84 Å². The van der Waals surface area contributed by atoms with Gasteiger partial charge in [0.15, 0.2) is 0 Å². The molecule has 3 unspecified atom stereocenters. The molecule has 0 aromatic rings. The largest absolute Gasteiger partial charge is 0.393 e. The van der Waals surface area contributed by atoms with Crippen molar-refractivity contribution in [2.24, 2.45) is 0 Å². The molecule has 0 saturated heterocycles. The molecule has 0 radical (unpaired) electrons. The van der Waals surface area contributed by atoms with Gasteiger partial charge in [0.05, 0.1) is 18.3 Å². The number of ether oxygens (including phenoxy) is 1. The van der Waals surface area contributed by atoms with Crippen molar-refractivity contribution in [2.75, 3.05) is 20.3 Å². The molecule has 90 valence electrons. The molecule has 0 amide bonds. The quantitative estimate of drug-likeness (QED) is 0.619. The van der Waals surface area contributed by atoms with Gasteiger partial charge in [-0.1, -0.05) is 0 Å². The van der Waals surface area contributed by atoms with Gasteiger partial charge in [0.2, 0.25) is 0 Å². The molecular formula is C11H23NO3. The lowest BCUT2D eigenvalue weighted by Gasteiger charge is -2.31. The van der Waals surface area contributed by atoms with Gasteiger partial charge < -0.3 is 20.3 Å². The number of methoxy groups -OCH3 is 1. The summed E-state index contributed by atoms with van der Waals surface area (Å²) in [5.74, 6) is 0. The minimum atomic E-state index is -1.01. The maximum Gasteiger partial charge on any atom is 0.0972 e. The van der Waals surface area contributed by atoms with Crippen LogP contribution in [-0.2, 0) is 4.74 Å². The fourth-order valence-corrected chi connectivity index (χ4v) is 1.96. The van der Waals surface area contributed by atoms with Crippen LogP contribution in [0.25, 0.3) is 0 Å². The predicted molar refractivity (Wildman–Crippen MR) is 58.8 cm³/mol. The van der Waals surface area contributed by atoms with Crippen LogP contribution in [0.1, 0.15) is 32.6 Å². The van der Waals surface area contributed by atoms with E-state index >= 15 is 0 Å². The van der Waals surface area contributed by atoms with Crippen molar-refractivity contribution in [2.45, 2.75) is 50.4 Å². The van der Waals surface area contributed by atoms with Crippen LogP contribution in [0.4, 0.5) is 0 Å². The van der Waals surface area contributed by atoms with Gasteiger partial charge in [-0.15, -0.1) is 0 Å². The van der Waals surface area contributed by atoms with E-state index < -0.39 is 5.60 Å². The van der Waals surface area contributed by atoms with Crippen LogP contribution in [0.5, 0.6) is 0 Å². The molecule has 0 aliphatic heterocycles. The highest BCUT2D eigenvalue weighted by molar-refractivity contribution is 4.82. The van der Waals surface area contributed by atoms with Crippen molar-refractivity contribution in [1.29, 1.82) is 0 Å². The molecule has 0 bridgehead atoms. The summed E-state index contributed by atoms with van der Waals surface area (Å²) in [6.07, 6.45) is 4.76. The summed E-state index contributed by atoms with van der Waals surface area (Å²) in [5, 5.41) is 21.8. The minimum absolute atomic E-state index is 0.208. The molecule has 3 N–H and O–H groups in total. The highest BCUT2D eigenvalue weighted by Crippen LogP contribution is 2.20. The standard InChI is InChI=1S/C11H23NO3/c1-11(14,8-13)7-12-9-4-3-5-10(6-9)15-2/h9-10,12-14H,3-8H2,1-2H3. The summed E-state index contributed by atoms with van der Waals surface area (Å²) >= 11 is 0. The fourth-order valence-electron chi connectivity index (χ4n) is 1.96. The van der Waals surface area contributed by atoms with E-state index in [0.717, 1.165) is 25.7 Å². The van der Waals surface area contributed by atoms with Gasteiger partial charge in [0.25, 0.3) is 0 Å². The van der Waals surface area contributed by atoms with Crippen LogP contribution < -0.4 is 5.32 Å². The van der Waals surface area contributed by atoms with Crippen LogP contribution in [0.15, 0.2) is 0 Å². The lowest BCUT2D eigenvalue weighted by atomic mass is 9.92. The molecule has 4 nitrogen and oxygen atoms in total. The van der Waals surface area contributed by atoms with E-state index in [0.29, 0.717) is 18.7 Å². The SMILES string of the molecule is COC1CCCC(NCC(C)(O)CO)C1. The van der Waals surface area contributed by atoms with Gasteiger partial charge in [-0.3, -0.25) is 0 Å². The summed E-state index contributed by atoms with van der Waals surface area (Å²) in [5.41, 5.74) is -1.01. The summed E-state index contributed by atoms with van der Waals surface area (Å²) in [7, 11) is 1.75. The first-order valence-electron chi connectivity index (χ1n) is 5.67. The topological polar surface area (TPSA) is 61.7 Å². The molecule has 1 rings (SSSR count). The lowest BCUT2D eigenvalue weighted by molar-refractivity contribution is -0.00415. The Hall–Kier alpha value is -0.160. The monoisotopic (exact) mass is 217 g/mol. The smallest absolute Gasteiger partial charge is 0.0972 e. The Kier molecular flexibility index (Phi) is 4.99. The van der Waals surface area contributed by atoms with E-state index in [-0.39, 0.29) is 6.61 Å². The third-order valence-electron chi connectivity index (χ3n) is 3.07. The fraction of sp³-hybridized carbons (Fsp3) is 1.00. The second kappa shape index (κ2) is 5.80. The second-order valence-corrected chi connectivity index (χ2v) is 4.76. The molecule has 1 saturated carbocycles. The normalized spacial score (nSPS) is 31.2. The number of rotatable bonds is 5. The second-order valence-electron chi connectivity index (χ2n) is 4.76. The third kappa shape index (κ3) is 4.47. The predicted octanol–water partition coefficient (Wildman–Crippen LogP) is 0.277. The van der Waals surface area contributed by atoms with E-state index in [1.807, 2.05) is 0 Å². The van der Waals surface area contributed by atoms with E-state index in [9.17, 15) is 5.11 Å². The molecule has 4 heteroatoms. The third-order valence-corrected chi connectivity index (χ3v) is 3.07. The maximum absolute atomic E-state index is 9.63. The number of aliphatic hydroxyl groups is 2. The molecule has 0 heterocycles. The van der Waals surface area contributed by atoms with Crippen LogP contribution in [0.3, 0.4) is 0 Å². The first kappa shape index (κ1) is 12.9. The van der Waals surface area contributed by atoms with Crippen LogP contribution in [0, 0.1) is 0 Å². The van der Waals surface area contributed by atoms with Crippen molar-refractivity contribution >= 4 is 0 Å². The zero-order valence-electron chi connectivity index (χ0n) is 9.70. The zero-order chi connectivity index (χ0) is 11.3. The minimum Gasteiger partial charge on any atom is -0.393 e. The summed E-state index contributed by atoms with van der Waals surface area (Å²) in [6.45, 7) is 1.86. The van der Waals surface area contributed by atoms with Crippen LogP contribution >= 0.6 is 0 Å². The Bertz CT molecular complexity index is 185. The summed E-state index contributed by atoms with van der Waals surface area (Å²) in [6, 6.07) is 0.404. The maximum atomic E-state index is 9.63. The molecular weight excluding hydrogens is 194 g/mol. The molecule has 0 aromatic carbocycles. The molecule has 0 aromatic heterocycles. The van der Waals surface area contributed by atoms with Gasteiger partial charge in [0, 0.05) is 19.7 Å². The highest BCUT2D eigenvalue weighted by atomic mass is 16.5. The Morgan fingerprint density at radius 1 is 1.47 bits per heavy atom. The van der Waals surface area contributed by atoms with Gasteiger partial charge in [-0.05, 0) is 32.6 Å². The average molecular weight is 217 g/mol. The number of nitrogens with one attached hydrogen (secondary N) is 1. The van der Waals surface area contributed by atoms with Crippen molar-refractivity contribution in [3.63, 3.8) is 0 Å². The zero-order valence-corrected chi connectivity index (χ0v) is 9.70. The Labute approximate surface area is 91.6 Å². The summed E-state index contributed by atoms with van der Waals surface area (Å²) < 4.78 is 5.33. The van der Waals surface area contributed by atoms with Crippen molar-refractivity contribution in [1.82, 2.24) is 5.32 Å². The van der Waals surface area contributed by atoms with Gasteiger partial charge >= 0.3 is 0 Å². The van der Waals surface area contributed by atoms with Crippen LogP contribution in [-0.4, -0.2) is 48.2 Å². The average Bonchev–Trinajstić information content (AvgIpc) is 2.27. The van der Waals surface area contributed by atoms with Gasteiger partial charge in [-0.2, -0.15) is 0 Å². The first-order chi connectivity index (χ1) is 7.07. The molecule has 3 atom stereocenters. The van der Waals surface area contributed by atoms with Gasteiger partial charge in [0.1, 0.15) is 0 Å². The molecule has 1 aliphatic carbocycles. The van der Waals surface area contributed by atoms with E-state index in [1.54, 1.807) is 14.0 Å². The number of aliphatic hydroxyl groups excluding tert-OH is 1. The lowest BCUT2D eigenvalue weighted by Crippen LogP contribution is -2.46. The van der Waals surface area contributed by atoms with E-state index in [1.165, 1.54) is 0 Å². The molecule has 0 spiro atoms. The molecule has 1 fully saturated rings. The van der Waals surface area contributed by atoms with Crippen LogP contribution in [0.2, 0.25) is 0 Å². The highest BCUT2D eigenvalue weighted by Gasteiger charge is 2.24. The molecule has 1 aliphatic rings. The number of hydrogen-bond acceptors (Lipinski definition) is 4. The van der Waals surface area contributed by atoms with E-state index in [2.05, 4.69) is 5.32 Å². The van der Waals surface area contributed by atoms with Crippen molar-refractivity contribution in [3.05, 3.63) is 0 Å². The first-order valence-corrected chi connectivity index (χ1v) is 5.67. The Morgan fingerprint density at radius 3 is 2.80 bits per heavy atom. The van der Waals surface area contributed by atoms with Crippen molar-refractivity contribution < 1.29 is 14.9 Å². The Balaban J connectivity index is 2.26. The van der Waals surface area contributed by atoms with Crippen molar-refractivity contribution in [3.8, 4) is 0 Å².